The van der Waals surface area contributed by atoms with Crippen LogP contribution in [0.1, 0.15) is 0 Å². The number of amides is 4. The first-order chi connectivity index (χ1) is 7.20. The van der Waals surface area contributed by atoms with Crippen molar-refractivity contribution in [1.29, 1.82) is 0 Å². The summed E-state index contributed by atoms with van der Waals surface area (Å²) in [7, 11) is 2.91. The topological polar surface area (TPSA) is 101 Å². The molecule has 0 rings (SSSR count). The van der Waals surface area contributed by atoms with Gasteiger partial charge in [-0.25, -0.2) is 9.59 Å². The molecular formula is C7H16N4O4. The van der Waals surface area contributed by atoms with Crippen LogP contribution in [0.3, 0.4) is 0 Å². The summed E-state index contributed by atoms with van der Waals surface area (Å²) in [6, 6.07) is -0.854. The van der Waals surface area contributed by atoms with Crippen LogP contribution in [-0.2, 0) is 9.47 Å². The Balaban J connectivity index is 3.36. The highest BCUT2D eigenvalue weighted by molar-refractivity contribution is 5.76. The van der Waals surface area contributed by atoms with Crippen molar-refractivity contribution in [3.8, 4) is 0 Å². The van der Waals surface area contributed by atoms with E-state index >= 15 is 0 Å². The van der Waals surface area contributed by atoms with E-state index in [-0.39, 0.29) is 20.1 Å². The van der Waals surface area contributed by atoms with Crippen molar-refractivity contribution in [3.63, 3.8) is 0 Å². The first-order valence-electron chi connectivity index (χ1n) is 4.22. The third kappa shape index (κ3) is 8.78. The molecule has 0 bridgehead atoms. The number of ether oxygens (including phenoxy) is 2. The summed E-state index contributed by atoms with van der Waals surface area (Å²) < 4.78 is 9.21. The van der Waals surface area contributed by atoms with Gasteiger partial charge < -0.3 is 30.7 Å². The van der Waals surface area contributed by atoms with Crippen LogP contribution in [0.15, 0.2) is 0 Å². The van der Waals surface area contributed by atoms with E-state index < -0.39 is 12.1 Å². The average Bonchev–Trinajstić information content (AvgIpc) is 2.23. The molecule has 0 aliphatic carbocycles. The predicted octanol–water partition coefficient (Wildman–Crippen LogP) is -1.25. The molecule has 8 heteroatoms. The molecule has 15 heavy (non-hydrogen) atoms. The summed E-state index contributed by atoms with van der Waals surface area (Å²) in [6.45, 7) is 0.245. The molecule has 0 saturated heterocycles. The quantitative estimate of drug-likeness (QED) is 0.420. The van der Waals surface area contributed by atoms with Gasteiger partial charge in [0.1, 0.15) is 13.5 Å². The van der Waals surface area contributed by atoms with Gasteiger partial charge in [0.15, 0.2) is 0 Å². The largest absolute Gasteiger partial charge is 0.364 e. The lowest BCUT2D eigenvalue weighted by molar-refractivity contribution is 0.170. The van der Waals surface area contributed by atoms with Crippen LogP contribution >= 0.6 is 0 Å². The van der Waals surface area contributed by atoms with E-state index in [1.807, 2.05) is 0 Å². The second kappa shape index (κ2) is 9.03. The molecule has 4 N–H and O–H groups in total. The van der Waals surface area contributed by atoms with Gasteiger partial charge in [0.05, 0.1) is 6.67 Å². The molecule has 0 saturated carbocycles. The Labute approximate surface area is 87.7 Å². The fourth-order valence-electron chi connectivity index (χ4n) is 0.605. The number of rotatable bonds is 6. The van der Waals surface area contributed by atoms with E-state index in [1.54, 1.807) is 0 Å². The van der Waals surface area contributed by atoms with Crippen molar-refractivity contribution >= 4 is 12.1 Å². The lowest BCUT2D eigenvalue weighted by Crippen LogP contribution is -2.46. The monoisotopic (exact) mass is 220 g/mol. The minimum absolute atomic E-state index is 0.0189. The normalized spacial score (nSPS) is 9.20. The maximum Gasteiger partial charge on any atom is 0.317 e. The maximum atomic E-state index is 10.9. The number of hydrogen-bond donors (Lipinski definition) is 4. The highest BCUT2D eigenvalue weighted by atomic mass is 16.5. The van der Waals surface area contributed by atoms with Crippen molar-refractivity contribution in [2.45, 2.75) is 0 Å². The molecule has 0 aromatic heterocycles. The van der Waals surface area contributed by atoms with Crippen LogP contribution in [0.25, 0.3) is 0 Å². The first kappa shape index (κ1) is 13.5. The zero-order valence-electron chi connectivity index (χ0n) is 8.75. The maximum absolute atomic E-state index is 10.9. The van der Waals surface area contributed by atoms with Crippen LogP contribution in [0, 0.1) is 0 Å². The van der Waals surface area contributed by atoms with Gasteiger partial charge >= 0.3 is 12.1 Å². The van der Waals surface area contributed by atoms with Crippen molar-refractivity contribution in [2.24, 2.45) is 0 Å². The van der Waals surface area contributed by atoms with Gasteiger partial charge in [-0.05, 0) is 0 Å². The van der Waals surface area contributed by atoms with Crippen molar-refractivity contribution < 1.29 is 19.1 Å². The molecule has 4 amide bonds. The lowest BCUT2D eigenvalue weighted by atomic mass is 10.8. The molecular weight excluding hydrogens is 204 g/mol. The summed E-state index contributed by atoms with van der Waals surface area (Å²) in [5.41, 5.74) is 0. The number of carbonyl (C=O) groups excluding carboxylic acids is 2. The van der Waals surface area contributed by atoms with Crippen LogP contribution in [-0.4, -0.2) is 46.4 Å². The Hall–Kier alpha value is -1.54. The molecule has 0 unspecified atom stereocenters. The molecule has 0 radical (unpaired) electrons. The Morgan fingerprint density at radius 2 is 1.27 bits per heavy atom. The summed E-state index contributed by atoms with van der Waals surface area (Å²) in [6.07, 6.45) is 0. The summed E-state index contributed by atoms with van der Waals surface area (Å²) in [4.78, 5) is 21.8. The van der Waals surface area contributed by atoms with Crippen LogP contribution in [0.4, 0.5) is 9.59 Å². The van der Waals surface area contributed by atoms with Crippen molar-refractivity contribution in [1.82, 2.24) is 21.3 Å². The van der Waals surface area contributed by atoms with E-state index in [0.717, 1.165) is 0 Å². The van der Waals surface area contributed by atoms with Gasteiger partial charge in [0.25, 0.3) is 0 Å². The molecule has 0 aliphatic rings. The van der Waals surface area contributed by atoms with Crippen LogP contribution in [0.2, 0.25) is 0 Å². The van der Waals surface area contributed by atoms with Gasteiger partial charge in [-0.3, -0.25) is 0 Å². The highest BCUT2D eigenvalue weighted by Gasteiger charge is 2.00. The molecule has 0 spiro atoms. The Morgan fingerprint density at radius 3 is 1.60 bits per heavy atom. The van der Waals surface area contributed by atoms with Crippen molar-refractivity contribution in [3.05, 3.63) is 0 Å². The Bertz CT molecular complexity index is 179. The predicted molar refractivity (Wildman–Crippen MR) is 52.0 cm³/mol. The Kier molecular flexibility index (Phi) is 8.10. The molecule has 0 atom stereocenters. The molecule has 0 aliphatic heterocycles. The standard InChI is InChI=1S/C7H16N4O4/c1-14-4-10-6(12)8-3-9-7(13)11-5-15-2/h3-5H2,1-2H3,(H2,8,10,12)(H2,9,11,13). The molecule has 8 nitrogen and oxygen atoms in total. The number of nitrogens with one attached hydrogen (secondary N) is 4. The third-order valence-corrected chi connectivity index (χ3v) is 1.25. The van der Waals surface area contributed by atoms with Crippen molar-refractivity contribution in [2.75, 3.05) is 34.3 Å². The zero-order chi connectivity index (χ0) is 11.5. The molecule has 88 valence electrons. The molecule has 0 aromatic carbocycles. The minimum atomic E-state index is -0.427. The number of hydrogen-bond acceptors (Lipinski definition) is 4. The van der Waals surface area contributed by atoms with E-state index in [2.05, 4.69) is 30.7 Å². The second-order valence-corrected chi connectivity index (χ2v) is 2.41. The zero-order valence-corrected chi connectivity index (χ0v) is 8.75. The van der Waals surface area contributed by atoms with Gasteiger partial charge in [-0.15, -0.1) is 0 Å². The van der Waals surface area contributed by atoms with Gasteiger partial charge in [0.2, 0.25) is 0 Å². The average molecular weight is 220 g/mol. The fraction of sp³-hybridized carbons (Fsp3) is 0.714. The van der Waals surface area contributed by atoms with E-state index in [0.29, 0.717) is 0 Å². The smallest absolute Gasteiger partial charge is 0.317 e. The number of urea groups is 2. The summed E-state index contributed by atoms with van der Waals surface area (Å²) in [5, 5.41) is 9.53. The first-order valence-corrected chi connectivity index (χ1v) is 4.22. The van der Waals surface area contributed by atoms with Crippen LogP contribution < -0.4 is 21.3 Å². The molecule has 0 heterocycles. The van der Waals surface area contributed by atoms with Gasteiger partial charge in [-0.1, -0.05) is 0 Å². The third-order valence-electron chi connectivity index (χ3n) is 1.25. The summed E-state index contributed by atoms with van der Waals surface area (Å²) >= 11 is 0. The van der Waals surface area contributed by atoms with Crippen LogP contribution in [0.5, 0.6) is 0 Å². The van der Waals surface area contributed by atoms with E-state index in [9.17, 15) is 9.59 Å². The summed E-state index contributed by atoms with van der Waals surface area (Å²) in [5.74, 6) is 0. The minimum Gasteiger partial charge on any atom is -0.364 e. The van der Waals surface area contributed by atoms with E-state index in [4.69, 9.17) is 0 Å². The fourth-order valence-corrected chi connectivity index (χ4v) is 0.605. The second-order valence-electron chi connectivity index (χ2n) is 2.41. The number of carbonyl (C=O) groups is 2. The van der Waals surface area contributed by atoms with Gasteiger partial charge in [-0.2, -0.15) is 0 Å². The number of methoxy groups -OCH3 is 2. The van der Waals surface area contributed by atoms with Gasteiger partial charge in [0, 0.05) is 14.2 Å². The Morgan fingerprint density at radius 1 is 0.867 bits per heavy atom. The SMILES string of the molecule is COCNC(=O)NCNC(=O)NCOC. The van der Waals surface area contributed by atoms with E-state index in [1.165, 1.54) is 14.2 Å². The highest BCUT2D eigenvalue weighted by Crippen LogP contribution is 1.66. The molecule has 0 fully saturated rings. The molecule has 0 aromatic rings. The lowest BCUT2D eigenvalue weighted by Gasteiger charge is -2.08.